The van der Waals surface area contributed by atoms with Crippen LogP contribution < -0.4 is 10.6 Å². The van der Waals surface area contributed by atoms with Gasteiger partial charge in [0.05, 0.1) is 0 Å². The first kappa shape index (κ1) is 25.7. The lowest BCUT2D eigenvalue weighted by molar-refractivity contribution is 0.0951. The lowest BCUT2D eigenvalue weighted by Gasteiger charge is -2.29. The molecule has 2 heterocycles. The first-order valence-electron chi connectivity index (χ1n) is 12.6. The van der Waals surface area contributed by atoms with Gasteiger partial charge in [0.15, 0.2) is 5.69 Å². The molecule has 0 saturated carbocycles. The SMILES string of the molecule is CCNC(=O)c1nnn(-c2cc(C(C)C)c(O)cc2O)c1-c1ccc(CNC2CCN(C)CC2)cc1. The maximum absolute atomic E-state index is 12.8. The zero-order valence-corrected chi connectivity index (χ0v) is 21.5. The number of hydrogen-bond acceptors (Lipinski definition) is 7. The second-order valence-corrected chi connectivity index (χ2v) is 9.77. The third-order valence-electron chi connectivity index (χ3n) is 6.74. The van der Waals surface area contributed by atoms with E-state index in [-0.39, 0.29) is 29.0 Å². The zero-order chi connectivity index (χ0) is 25.8. The van der Waals surface area contributed by atoms with Crippen molar-refractivity contribution < 1.29 is 15.0 Å². The fourth-order valence-corrected chi connectivity index (χ4v) is 4.58. The van der Waals surface area contributed by atoms with E-state index >= 15 is 0 Å². The maximum Gasteiger partial charge on any atom is 0.274 e. The number of nitrogens with zero attached hydrogens (tertiary/aromatic N) is 4. The summed E-state index contributed by atoms with van der Waals surface area (Å²) in [6.45, 7) is 9.19. The van der Waals surface area contributed by atoms with E-state index in [1.54, 1.807) is 6.07 Å². The summed E-state index contributed by atoms with van der Waals surface area (Å²) in [4.78, 5) is 15.2. The van der Waals surface area contributed by atoms with Crippen molar-refractivity contribution in [3.8, 4) is 28.4 Å². The van der Waals surface area contributed by atoms with Crippen LogP contribution in [0.1, 0.15) is 61.1 Å². The van der Waals surface area contributed by atoms with E-state index in [4.69, 9.17) is 0 Å². The molecule has 1 aromatic heterocycles. The van der Waals surface area contributed by atoms with Crippen LogP contribution in [-0.2, 0) is 6.54 Å². The predicted molar refractivity (Wildman–Crippen MR) is 140 cm³/mol. The van der Waals surface area contributed by atoms with Crippen molar-refractivity contribution in [1.82, 2.24) is 30.5 Å². The van der Waals surface area contributed by atoms with Crippen LogP contribution in [0, 0.1) is 0 Å². The number of benzene rings is 2. The van der Waals surface area contributed by atoms with Gasteiger partial charge in [-0.1, -0.05) is 43.3 Å². The number of carbonyl (C=O) groups excluding carboxylic acids is 1. The molecule has 1 amide bonds. The molecule has 2 aromatic carbocycles. The number of phenols is 2. The summed E-state index contributed by atoms with van der Waals surface area (Å²) in [7, 11) is 2.16. The number of amides is 1. The van der Waals surface area contributed by atoms with E-state index in [2.05, 4.69) is 32.9 Å². The molecule has 0 radical (unpaired) electrons. The van der Waals surface area contributed by atoms with Crippen molar-refractivity contribution in [2.75, 3.05) is 26.7 Å². The van der Waals surface area contributed by atoms with E-state index in [0.29, 0.717) is 29.5 Å². The number of aromatic nitrogens is 3. The number of aromatic hydroxyl groups is 2. The molecule has 0 atom stereocenters. The minimum absolute atomic E-state index is 0.0123. The number of rotatable bonds is 8. The Morgan fingerprint density at radius 1 is 1.11 bits per heavy atom. The lowest BCUT2D eigenvalue weighted by Crippen LogP contribution is -2.40. The van der Waals surface area contributed by atoms with Gasteiger partial charge in [-0.05, 0) is 63.0 Å². The molecular formula is C27H36N6O3. The highest BCUT2D eigenvalue weighted by Crippen LogP contribution is 2.36. The monoisotopic (exact) mass is 492 g/mol. The Labute approximate surface area is 212 Å². The summed E-state index contributed by atoms with van der Waals surface area (Å²) in [5.74, 6) is -0.451. The molecule has 192 valence electrons. The molecule has 1 saturated heterocycles. The van der Waals surface area contributed by atoms with Gasteiger partial charge in [-0.3, -0.25) is 4.79 Å². The molecule has 4 rings (SSSR count). The third-order valence-corrected chi connectivity index (χ3v) is 6.74. The topological polar surface area (TPSA) is 116 Å². The van der Waals surface area contributed by atoms with Crippen LogP contribution in [0.3, 0.4) is 0 Å². The number of nitrogens with one attached hydrogen (secondary N) is 2. The Morgan fingerprint density at radius 2 is 1.81 bits per heavy atom. The molecule has 9 heteroatoms. The molecule has 0 bridgehead atoms. The van der Waals surface area contributed by atoms with Gasteiger partial charge in [-0.25, -0.2) is 4.68 Å². The van der Waals surface area contributed by atoms with E-state index in [0.717, 1.165) is 43.6 Å². The van der Waals surface area contributed by atoms with Crippen molar-refractivity contribution >= 4 is 5.91 Å². The van der Waals surface area contributed by atoms with E-state index < -0.39 is 0 Å². The van der Waals surface area contributed by atoms with E-state index in [1.807, 2.05) is 45.0 Å². The fourth-order valence-electron chi connectivity index (χ4n) is 4.58. The number of phenolic OH excluding ortho intramolecular Hbond substituents is 2. The van der Waals surface area contributed by atoms with Crippen LogP contribution in [0.15, 0.2) is 36.4 Å². The molecule has 1 aliphatic rings. The first-order chi connectivity index (χ1) is 17.3. The number of hydrogen-bond donors (Lipinski definition) is 4. The highest BCUT2D eigenvalue weighted by atomic mass is 16.3. The van der Waals surface area contributed by atoms with Gasteiger partial charge in [0.25, 0.3) is 5.91 Å². The van der Waals surface area contributed by atoms with Crippen molar-refractivity contribution in [2.24, 2.45) is 0 Å². The summed E-state index contributed by atoms with van der Waals surface area (Å²) in [6, 6.07) is 11.5. The molecule has 36 heavy (non-hydrogen) atoms. The minimum Gasteiger partial charge on any atom is -0.508 e. The molecule has 4 N–H and O–H groups in total. The van der Waals surface area contributed by atoms with E-state index in [9.17, 15) is 15.0 Å². The van der Waals surface area contributed by atoms with Crippen molar-refractivity contribution in [3.05, 3.63) is 53.2 Å². The summed E-state index contributed by atoms with van der Waals surface area (Å²) < 4.78 is 1.47. The highest BCUT2D eigenvalue weighted by Gasteiger charge is 2.24. The number of carbonyl (C=O) groups is 1. The Morgan fingerprint density at radius 3 is 2.44 bits per heavy atom. The Bertz CT molecular complexity index is 1200. The lowest BCUT2D eigenvalue weighted by atomic mass is 10.0. The smallest absolute Gasteiger partial charge is 0.274 e. The van der Waals surface area contributed by atoms with Gasteiger partial charge in [-0.15, -0.1) is 5.10 Å². The van der Waals surface area contributed by atoms with Gasteiger partial charge in [0.2, 0.25) is 0 Å². The van der Waals surface area contributed by atoms with Gasteiger partial charge in [0, 0.05) is 30.8 Å². The van der Waals surface area contributed by atoms with Crippen LogP contribution >= 0.6 is 0 Å². The number of likely N-dealkylation sites (tertiary alicyclic amines) is 1. The first-order valence-corrected chi connectivity index (χ1v) is 12.6. The van der Waals surface area contributed by atoms with Gasteiger partial charge >= 0.3 is 0 Å². The molecule has 0 unspecified atom stereocenters. The normalized spacial score (nSPS) is 14.9. The highest BCUT2D eigenvalue weighted by molar-refractivity contribution is 5.98. The molecule has 1 aliphatic heterocycles. The Kier molecular flexibility index (Phi) is 7.91. The van der Waals surface area contributed by atoms with Crippen LogP contribution in [-0.4, -0.2) is 68.7 Å². The average Bonchev–Trinajstić information content (AvgIpc) is 3.29. The third kappa shape index (κ3) is 5.52. The molecule has 9 nitrogen and oxygen atoms in total. The van der Waals surface area contributed by atoms with E-state index in [1.165, 1.54) is 10.7 Å². The summed E-state index contributed by atoms with van der Waals surface area (Å²) in [6.07, 6.45) is 2.29. The van der Waals surface area contributed by atoms with Crippen LogP contribution in [0.25, 0.3) is 16.9 Å². The summed E-state index contributed by atoms with van der Waals surface area (Å²) in [5, 5.41) is 35.8. The van der Waals surface area contributed by atoms with Crippen molar-refractivity contribution in [3.63, 3.8) is 0 Å². The van der Waals surface area contributed by atoms with Crippen LogP contribution in [0.2, 0.25) is 0 Å². The van der Waals surface area contributed by atoms with Crippen LogP contribution in [0.5, 0.6) is 11.5 Å². The fraction of sp³-hybridized carbons (Fsp3) is 0.444. The molecular weight excluding hydrogens is 456 g/mol. The van der Waals surface area contributed by atoms with Crippen molar-refractivity contribution in [2.45, 2.75) is 52.1 Å². The second kappa shape index (κ2) is 11.1. The molecule has 0 aliphatic carbocycles. The molecule has 0 spiro atoms. The molecule has 3 aromatic rings. The summed E-state index contributed by atoms with van der Waals surface area (Å²) in [5.41, 5.74) is 3.56. The largest absolute Gasteiger partial charge is 0.508 e. The van der Waals surface area contributed by atoms with Gasteiger partial charge < -0.3 is 25.7 Å². The molecule has 1 fully saturated rings. The minimum atomic E-state index is -0.339. The quantitative estimate of drug-likeness (QED) is 0.381. The van der Waals surface area contributed by atoms with Crippen molar-refractivity contribution in [1.29, 1.82) is 0 Å². The van der Waals surface area contributed by atoms with Gasteiger partial charge in [-0.2, -0.15) is 0 Å². The standard InChI is InChI=1S/C27H36N6O3/c1-5-28-27(36)25-26(33(31-30-25)22-14-21(17(2)3)23(34)15-24(22)35)19-8-6-18(7-9-19)16-29-20-10-12-32(4)13-11-20/h6-9,14-15,17,20,29,34-35H,5,10-13,16H2,1-4H3,(H,28,36). The predicted octanol–water partition coefficient (Wildman–Crippen LogP) is 3.40. The second-order valence-electron chi connectivity index (χ2n) is 9.77. The van der Waals surface area contributed by atoms with Gasteiger partial charge in [0.1, 0.15) is 22.9 Å². The van der Waals surface area contributed by atoms with Crippen LogP contribution in [0.4, 0.5) is 0 Å². The Balaban J connectivity index is 1.67. The summed E-state index contributed by atoms with van der Waals surface area (Å²) >= 11 is 0. The average molecular weight is 493 g/mol. The number of piperidine rings is 1. The maximum atomic E-state index is 12.8. The Hall–Kier alpha value is -3.43. The zero-order valence-electron chi connectivity index (χ0n) is 21.5.